The molecule has 6 heteroatoms. The van der Waals surface area contributed by atoms with E-state index in [1.165, 1.54) is 0 Å². The molecule has 1 heterocycles. The Morgan fingerprint density at radius 2 is 2.15 bits per heavy atom. The van der Waals surface area contributed by atoms with Gasteiger partial charge in [0.25, 0.3) is 0 Å². The summed E-state index contributed by atoms with van der Waals surface area (Å²) in [5.41, 5.74) is -0.473. The predicted molar refractivity (Wildman–Crippen MR) is 73.1 cm³/mol. The lowest BCUT2D eigenvalue weighted by atomic mass is 9.96. The Balaban J connectivity index is 1.97. The quantitative estimate of drug-likeness (QED) is 0.764. The predicted octanol–water partition coefficient (Wildman–Crippen LogP) is 1.70. The molecule has 1 aromatic heterocycles. The molecule has 1 fully saturated rings. The van der Waals surface area contributed by atoms with E-state index >= 15 is 0 Å². The van der Waals surface area contributed by atoms with Crippen molar-refractivity contribution in [2.75, 3.05) is 0 Å². The summed E-state index contributed by atoms with van der Waals surface area (Å²) in [6, 6.07) is 4.67. The van der Waals surface area contributed by atoms with Crippen molar-refractivity contribution < 1.29 is 14.7 Å². The van der Waals surface area contributed by atoms with Crippen LogP contribution in [0.25, 0.3) is 0 Å². The summed E-state index contributed by atoms with van der Waals surface area (Å²) in [5, 5.41) is 14.6. The van der Waals surface area contributed by atoms with Gasteiger partial charge in [0.2, 0.25) is 0 Å². The molecule has 1 aromatic rings. The van der Waals surface area contributed by atoms with E-state index in [0.717, 1.165) is 18.5 Å². The molecular weight excluding hydrogens is 258 g/mol. The number of aromatic nitrogens is 1. The SMILES string of the molecule is CC(NC(=O)NC(C)(C(=O)O)C1CC1)c1ccccn1. The molecule has 0 radical (unpaired) electrons. The van der Waals surface area contributed by atoms with Gasteiger partial charge in [0, 0.05) is 6.20 Å². The lowest BCUT2D eigenvalue weighted by molar-refractivity contribution is -0.144. The topological polar surface area (TPSA) is 91.3 Å². The van der Waals surface area contributed by atoms with Crippen LogP contribution in [0.4, 0.5) is 4.79 Å². The number of carbonyl (C=O) groups excluding carboxylic acids is 1. The molecule has 0 aromatic carbocycles. The maximum Gasteiger partial charge on any atom is 0.329 e. The highest BCUT2D eigenvalue weighted by molar-refractivity contribution is 5.86. The highest BCUT2D eigenvalue weighted by atomic mass is 16.4. The molecule has 0 bridgehead atoms. The van der Waals surface area contributed by atoms with E-state index < -0.39 is 17.5 Å². The number of hydrogen-bond acceptors (Lipinski definition) is 3. The average molecular weight is 277 g/mol. The lowest BCUT2D eigenvalue weighted by Gasteiger charge is -2.27. The number of carboxylic acids is 1. The fourth-order valence-corrected chi connectivity index (χ4v) is 2.17. The molecule has 108 valence electrons. The van der Waals surface area contributed by atoms with Gasteiger partial charge < -0.3 is 15.7 Å². The molecule has 20 heavy (non-hydrogen) atoms. The van der Waals surface area contributed by atoms with E-state index in [0.29, 0.717) is 0 Å². The number of amides is 2. The van der Waals surface area contributed by atoms with Gasteiger partial charge in [0.05, 0.1) is 11.7 Å². The van der Waals surface area contributed by atoms with Crippen molar-refractivity contribution in [1.29, 1.82) is 0 Å². The zero-order chi connectivity index (χ0) is 14.8. The second-order valence-corrected chi connectivity index (χ2v) is 5.36. The Kier molecular flexibility index (Phi) is 3.92. The summed E-state index contributed by atoms with van der Waals surface area (Å²) in [5.74, 6) is -0.989. The number of carbonyl (C=O) groups is 2. The van der Waals surface area contributed by atoms with E-state index in [1.54, 1.807) is 26.1 Å². The number of nitrogens with one attached hydrogen (secondary N) is 2. The Morgan fingerprint density at radius 3 is 2.65 bits per heavy atom. The Hall–Kier alpha value is -2.11. The monoisotopic (exact) mass is 277 g/mol. The number of nitrogens with zero attached hydrogens (tertiary/aromatic N) is 1. The van der Waals surface area contributed by atoms with Crippen LogP contribution in [0.15, 0.2) is 24.4 Å². The zero-order valence-corrected chi connectivity index (χ0v) is 11.6. The molecule has 1 saturated carbocycles. The smallest absolute Gasteiger partial charge is 0.329 e. The number of urea groups is 1. The van der Waals surface area contributed by atoms with E-state index in [9.17, 15) is 14.7 Å². The number of aliphatic carboxylic acids is 1. The average Bonchev–Trinajstić information content (AvgIpc) is 3.23. The second kappa shape index (κ2) is 5.48. The molecule has 0 aliphatic heterocycles. The van der Waals surface area contributed by atoms with Crippen LogP contribution in [-0.4, -0.2) is 27.6 Å². The highest BCUT2D eigenvalue weighted by Gasteiger charge is 2.48. The van der Waals surface area contributed by atoms with Crippen molar-refractivity contribution >= 4 is 12.0 Å². The van der Waals surface area contributed by atoms with Crippen LogP contribution in [0.2, 0.25) is 0 Å². The standard InChI is InChI=1S/C14H19N3O3/c1-9(11-5-3-4-8-15-11)16-13(20)17-14(2,12(18)19)10-6-7-10/h3-5,8-10H,6-7H2,1-2H3,(H,18,19)(H2,16,17,20). The van der Waals surface area contributed by atoms with Gasteiger partial charge in [-0.15, -0.1) is 0 Å². The first-order valence-corrected chi connectivity index (χ1v) is 6.66. The number of hydrogen-bond donors (Lipinski definition) is 3. The highest BCUT2D eigenvalue weighted by Crippen LogP contribution is 2.39. The summed E-state index contributed by atoms with van der Waals surface area (Å²) in [7, 11) is 0. The van der Waals surface area contributed by atoms with Crippen molar-refractivity contribution in [3.05, 3.63) is 30.1 Å². The van der Waals surface area contributed by atoms with Crippen LogP contribution in [-0.2, 0) is 4.79 Å². The van der Waals surface area contributed by atoms with Crippen molar-refractivity contribution in [1.82, 2.24) is 15.6 Å². The van der Waals surface area contributed by atoms with Gasteiger partial charge >= 0.3 is 12.0 Å². The van der Waals surface area contributed by atoms with Crippen molar-refractivity contribution in [2.24, 2.45) is 5.92 Å². The third-order valence-electron chi connectivity index (χ3n) is 3.69. The minimum atomic E-state index is -1.20. The van der Waals surface area contributed by atoms with Gasteiger partial charge in [-0.25, -0.2) is 9.59 Å². The molecule has 0 saturated heterocycles. The molecule has 3 N–H and O–H groups in total. The Bertz CT molecular complexity index is 502. The molecule has 6 nitrogen and oxygen atoms in total. The minimum absolute atomic E-state index is 0.0101. The van der Waals surface area contributed by atoms with Gasteiger partial charge in [-0.3, -0.25) is 4.98 Å². The van der Waals surface area contributed by atoms with Crippen LogP contribution in [0.5, 0.6) is 0 Å². The molecule has 1 aliphatic carbocycles. The number of rotatable bonds is 5. The molecule has 2 atom stereocenters. The van der Waals surface area contributed by atoms with E-state index in [2.05, 4.69) is 15.6 Å². The molecule has 2 amide bonds. The summed E-state index contributed by atoms with van der Waals surface area (Å²) >= 11 is 0. The van der Waals surface area contributed by atoms with E-state index in [1.807, 2.05) is 12.1 Å². The van der Waals surface area contributed by atoms with E-state index in [4.69, 9.17) is 0 Å². The van der Waals surface area contributed by atoms with Crippen molar-refractivity contribution in [2.45, 2.75) is 38.3 Å². The fourth-order valence-electron chi connectivity index (χ4n) is 2.17. The number of pyridine rings is 1. The normalized spacial score (nSPS) is 18.7. The first-order valence-electron chi connectivity index (χ1n) is 6.66. The molecule has 2 unspecified atom stereocenters. The summed E-state index contributed by atoms with van der Waals surface area (Å²) in [6.45, 7) is 3.36. The van der Waals surface area contributed by atoms with Gasteiger partial charge in [-0.05, 0) is 44.7 Å². The van der Waals surface area contributed by atoms with Crippen molar-refractivity contribution in [3.8, 4) is 0 Å². The summed E-state index contributed by atoms with van der Waals surface area (Å²) in [6.07, 6.45) is 3.31. The molecule has 1 aliphatic rings. The van der Waals surface area contributed by atoms with Gasteiger partial charge in [0.1, 0.15) is 5.54 Å². The second-order valence-electron chi connectivity index (χ2n) is 5.36. The largest absolute Gasteiger partial charge is 0.480 e. The number of carboxylic acid groups (broad SMARTS) is 1. The van der Waals surface area contributed by atoms with Gasteiger partial charge in [0.15, 0.2) is 0 Å². The Morgan fingerprint density at radius 1 is 1.45 bits per heavy atom. The van der Waals surface area contributed by atoms with Crippen molar-refractivity contribution in [3.63, 3.8) is 0 Å². The van der Waals surface area contributed by atoms with Gasteiger partial charge in [-0.2, -0.15) is 0 Å². The minimum Gasteiger partial charge on any atom is -0.480 e. The summed E-state index contributed by atoms with van der Waals surface area (Å²) < 4.78 is 0. The third-order valence-corrected chi connectivity index (χ3v) is 3.69. The maximum atomic E-state index is 12.0. The fraction of sp³-hybridized carbons (Fsp3) is 0.500. The maximum absolute atomic E-state index is 12.0. The third kappa shape index (κ3) is 3.07. The zero-order valence-electron chi connectivity index (χ0n) is 11.6. The first-order chi connectivity index (χ1) is 9.43. The van der Waals surface area contributed by atoms with Crippen LogP contribution in [0.1, 0.15) is 38.4 Å². The molecular formula is C14H19N3O3. The Labute approximate surface area is 117 Å². The van der Waals surface area contributed by atoms with E-state index in [-0.39, 0.29) is 12.0 Å². The molecule has 2 rings (SSSR count). The van der Waals surface area contributed by atoms with Crippen LogP contribution >= 0.6 is 0 Å². The summed E-state index contributed by atoms with van der Waals surface area (Å²) in [4.78, 5) is 27.5. The van der Waals surface area contributed by atoms with Crippen LogP contribution in [0.3, 0.4) is 0 Å². The van der Waals surface area contributed by atoms with Crippen LogP contribution < -0.4 is 10.6 Å². The first kappa shape index (κ1) is 14.3. The van der Waals surface area contributed by atoms with Gasteiger partial charge in [-0.1, -0.05) is 6.07 Å². The van der Waals surface area contributed by atoms with Crippen LogP contribution in [0, 0.1) is 5.92 Å². The molecule has 0 spiro atoms. The lowest BCUT2D eigenvalue weighted by Crippen LogP contribution is -2.57.